The van der Waals surface area contributed by atoms with Gasteiger partial charge in [-0.05, 0) is 37.3 Å². The molecule has 2 nitrogen and oxygen atoms in total. The van der Waals surface area contributed by atoms with Gasteiger partial charge in [0, 0.05) is 34.5 Å². The Morgan fingerprint density at radius 3 is 2.62 bits per heavy atom. The first kappa shape index (κ1) is 19.4. The summed E-state index contributed by atoms with van der Waals surface area (Å²) in [4.78, 5) is 0. The lowest BCUT2D eigenvalue weighted by atomic mass is 10.0. The van der Waals surface area contributed by atoms with Crippen LogP contribution in [0.1, 0.15) is 23.6 Å². The summed E-state index contributed by atoms with van der Waals surface area (Å²) < 4.78 is 38.7. The van der Waals surface area contributed by atoms with E-state index in [2.05, 4.69) is 17.2 Å². The average molecular weight is 375 g/mol. The molecule has 0 radical (unpaired) electrons. The number of anilines is 1. The molecule has 0 heterocycles. The van der Waals surface area contributed by atoms with Crippen LogP contribution < -0.4 is 5.32 Å². The normalized spacial score (nSPS) is 11.3. The van der Waals surface area contributed by atoms with Gasteiger partial charge in [-0.15, -0.1) is 0 Å². The second kappa shape index (κ2) is 8.47. The van der Waals surface area contributed by atoms with Crippen LogP contribution in [0.5, 0.6) is 0 Å². The number of nitrogens with zero attached hydrogens (tertiary/aromatic N) is 1. The molecule has 0 spiro atoms. The zero-order valence-electron chi connectivity index (χ0n) is 13.8. The average Bonchev–Trinajstić information content (AvgIpc) is 2.59. The van der Waals surface area contributed by atoms with Crippen molar-refractivity contribution < 1.29 is 13.2 Å². The predicted octanol–water partition coefficient (Wildman–Crippen LogP) is 5.75. The van der Waals surface area contributed by atoms with Crippen molar-refractivity contribution in [2.45, 2.75) is 13.1 Å². The van der Waals surface area contributed by atoms with Crippen molar-refractivity contribution in [1.29, 1.82) is 5.26 Å². The highest BCUT2D eigenvalue weighted by atomic mass is 35.5. The molecular formula is C20H14ClF3N2. The minimum absolute atomic E-state index is 0.171. The minimum atomic E-state index is -4.45. The zero-order chi connectivity index (χ0) is 19.2. The number of allylic oxidation sites excluding steroid dienone is 2. The van der Waals surface area contributed by atoms with E-state index in [1.165, 1.54) is 12.1 Å². The molecule has 0 saturated carbocycles. The van der Waals surface area contributed by atoms with Gasteiger partial charge in [0.1, 0.15) is 6.07 Å². The molecule has 2 aromatic carbocycles. The van der Waals surface area contributed by atoms with E-state index in [4.69, 9.17) is 11.6 Å². The molecule has 0 amide bonds. The van der Waals surface area contributed by atoms with Crippen LogP contribution in [-0.2, 0) is 6.18 Å². The van der Waals surface area contributed by atoms with Crippen LogP contribution in [0.2, 0.25) is 5.02 Å². The van der Waals surface area contributed by atoms with E-state index >= 15 is 0 Å². The molecule has 26 heavy (non-hydrogen) atoms. The summed E-state index contributed by atoms with van der Waals surface area (Å²) in [7, 11) is 0. The first-order chi connectivity index (χ1) is 12.3. The van der Waals surface area contributed by atoms with Crippen molar-refractivity contribution in [2.75, 3.05) is 11.9 Å². The third-order valence-corrected chi connectivity index (χ3v) is 3.62. The van der Waals surface area contributed by atoms with Crippen LogP contribution in [-0.4, -0.2) is 6.54 Å². The quantitative estimate of drug-likeness (QED) is 0.548. The Labute approximate surface area is 154 Å². The number of hydrogen-bond donors (Lipinski definition) is 1. The van der Waals surface area contributed by atoms with Crippen molar-refractivity contribution in [1.82, 2.24) is 0 Å². The molecular weight excluding hydrogens is 361 g/mol. The van der Waals surface area contributed by atoms with E-state index in [0.29, 0.717) is 22.7 Å². The van der Waals surface area contributed by atoms with Gasteiger partial charge in [-0.25, -0.2) is 0 Å². The van der Waals surface area contributed by atoms with Crippen LogP contribution >= 0.6 is 11.6 Å². The number of benzene rings is 2. The SMILES string of the molecule is CCNc1cc(C(F)(F)F)ccc1/C(C#N)=C/C#Cc1cccc(Cl)c1. The molecule has 1 N–H and O–H groups in total. The van der Waals surface area contributed by atoms with Crippen molar-refractivity contribution in [3.63, 3.8) is 0 Å². The lowest BCUT2D eigenvalue weighted by Gasteiger charge is -2.13. The molecule has 132 valence electrons. The third-order valence-electron chi connectivity index (χ3n) is 3.38. The minimum Gasteiger partial charge on any atom is -0.385 e. The second-order valence-corrected chi connectivity index (χ2v) is 5.67. The first-order valence-corrected chi connectivity index (χ1v) is 8.05. The van der Waals surface area contributed by atoms with Gasteiger partial charge >= 0.3 is 6.18 Å². The van der Waals surface area contributed by atoms with Crippen molar-refractivity contribution in [3.8, 4) is 17.9 Å². The van der Waals surface area contributed by atoms with E-state index < -0.39 is 11.7 Å². The van der Waals surface area contributed by atoms with Gasteiger partial charge in [0.15, 0.2) is 0 Å². The predicted molar refractivity (Wildman–Crippen MR) is 97.5 cm³/mol. The standard InChI is InChI=1S/C20H14ClF3N2/c1-2-26-19-12-16(20(22,23)24)9-10-18(19)15(13-25)7-3-5-14-6-4-8-17(21)11-14/h4,6-12,26H,2H2,1H3/b15-7+. The number of hydrogen-bond acceptors (Lipinski definition) is 2. The van der Waals surface area contributed by atoms with Gasteiger partial charge in [0.25, 0.3) is 0 Å². The van der Waals surface area contributed by atoms with E-state index in [0.717, 1.165) is 12.1 Å². The summed E-state index contributed by atoms with van der Waals surface area (Å²) in [6, 6.07) is 12.1. The molecule has 0 aromatic heterocycles. The Morgan fingerprint density at radius 2 is 2.00 bits per heavy atom. The maximum Gasteiger partial charge on any atom is 0.416 e. The molecule has 0 aliphatic heterocycles. The Hall–Kier alpha value is -2.89. The van der Waals surface area contributed by atoms with E-state index in [-0.39, 0.29) is 11.3 Å². The van der Waals surface area contributed by atoms with Crippen molar-refractivity contribution >= 4 is 22.9 Å². The molecule has 0 bridgehead atoms. The topological polar surface area (TPSA) is 35.8 Å². The maximum absolute atomic E-state index is 12.9. The number of alkyl halides is 3. The summed E-state index contributed by atoms with van der Waals surface area (Å²) in [5, 5.41) is 12.8. The maximum atomic E-state index is 12.9. The summed E-state index contributed by atoms with van der Waals surface area (Å²) in [6.07, 6.45) is -3.07. The third kappa shape index (κ3) is 5.05. The highest BCUT2D eigenvalue weighted by Crippen LogP contribution is 2.34. The Bertz CT molecular complexity index is 929. The van der Waals surface area contributed by atoms with E-state index in [1.807, 2.05) is 6.07 Å². The van der Waals surface area contributed by atoms with Gasteiger partial charge in [-0.3, -0.25) is 0 Å². The van der Waals surface area contributed by atoms with Crippen molar-refractivity contribution in [2.24, 2.45) is 0 Å². The Morgan fingerprint density at radius 1 is 1.23 bits per heavy atom. The fourth-order valence-electron chi connectivity index (χ4n) is 2.22. The molecule has 0 aliphatic carbocycles. The second-order valence-electron chi connectivity index (χ2n) is 5.24. The molecule has 0 unspecified atom stereocenters. The lowest BCUT2D eigenvalue weighted by molar-refractivity contribution is -0.137. The highest BCUT2D eigenvalue weighted by molar-refractivity contribution is 6.30. The Balaban J connectivity index is 2.42. The molecule has 6 heteroatoms. The van der Waals surface area contributed by atoms with Gasteiger partial charge in [0.05, 0.1) is 11.1 Å². The van der Waals surface area contributed by atoms with Crippen LogP contribution in [0, 0.1) is 23.2 Å². The van der Waals surface area contributed by atoms with Gasteiger partial charge in [0.2, 0.25) is 0 Å². The molecule has 0 fully saturated rings. The van der Waals surface area contributed by atoms with Crippen LogP contribution in [0.4, 0.5) is 18.9 Å². The molecule has 2 aromatic rings. The van der Waals surface area contributed by atoms with Gasteiger partial charge < -0.3 is 5.32 Å². The molecule has 0 saturated heterocycles. The first-order valence-electron chi connectivity index (χ1n) is 7.68. The largest absolute Gasteiger partial charge is 0.416 e. The fraction of sp³-hybridized carbons (Fsp3) is 0.150. The summed E-state index contributed by atoms with van der Waals surface area (Å²) >= 11 is 5.88. The molecule has 2 rings (SSSR count). The smallest absolute Gasteiger partial charge is 0.385 e. The number of halogens is 4. The molecule has 0 atom stereocenters. The Kier molecular flexibility index (Phi) is 6.33. The monoisotopic (exact) mass is 374 g/mol. The number of nitrogens with one attached hydrogen (secondary N) is 1. The van der Waals surface area contributed by atoms with Gasteiger partial charge in [-0.2, -0.15) is 18.4 Å². The molecule has 0 aliphatic rings. The lowest BCUT2D eigenvalue weighted by Crippen LogP contribution is -2.08. The van der Waals surface area contributed by atoms with Crippen LogP contribution in [0.15, 0.2) is 48.5 Å². The van der Waals surface area contributed by atoms with Crippen molar-refractivity contribution in [3.05, 3.63) is 70.3 Å². The number of nitriles is 1. The van der Waals surface area contributed by atoms with Gasteiger partial charge in [-0.1, -0.05) is 35.6 Å². The number of rotatable bonds is 3. The summed E-state index contributed by atoms with van der Waals surface area (Å²) in [5.41, 5.74) is 0.663. The summed E-state index contributed by atoms with van der Waals surface area (Å²) in [5.74, 6) is 5.59. The van der Waals surface area contributed by atoms with Crippen LogP contribution in [0.25, 0.3) is 5.57 Å². The van der Waals surface area contributed by atoms with Crippen LogP contribution in [0.3, 0.4) is 0 Å². The van der Waals surface area contributed by atoms with E-state index in [1.54, 1.807) is 31.2 Å². The highest BCUT2D eigenvalue weighted by Gasteiger charge is 2.31. The fourth-order valence-corrected chi connectivity index (χ4v) is 2.41. The zero-order valence-corrected chi connectivity index (χ0v) is 14.5. The summed E-state index contributed by atoms with van der Waals surface area (Å²) in [6.45, 7) is 2.18. The van der Waals surface area contributed by atoms with E-state index in [9.17, 15) is 18.4 Å².